The van der Waals surface area contributed by atoms with Crippen LogP contribution in [0.2, 0.25) is 0 Å². The highest BCUT2D eigenvalue weighted by molar-refractivity contribution is 7.15. The highest BCUT2D eigenvalue weighted by Gasteiger charge is 2.09. The molecular weight excluding hydrogens is 353 g/mol. The van der Waals surface area contributed by atoms with Gasteiger partial charge in [0.25, 0.3) is 0 Å². The van der Waals surface area contributed by atoms with Crippen LogP contribution in [-0.4, -0.2) is 11.1 Å². The van der Waals surface area contributed by atoms with Gasteiger partial charge in [0.15, 0.2) is 5.13 Å². The minimum Gasteiger partial charge on any atom is -0.444 e. The first-order valence-corrected chi connectivity index (χ1v) is 8.56. The molecule has 1 aromatic heterocycles. The number of anilines is 1. The number of hydrogen-bond acceptors (Lipinski definition) is 5. The number of rotatable bonds is 5. The molecule has 1 heterocycles. The summed E-state index contributed by atoms with van der Waals surface area (Å²) in [6.45, 7) is 0.178. The van der Waals surface area contributed by atoms with E-state index in [9.17, 15) is 9.18 Å². The first-order chi connectivity index (χ1) is 12.6. The summed E-state index contributed by atoms with van der Waals surface area (Å²) in [6.07, 6.45) is 1.54. The number of amides is 1. The van der Waals surface area contributed by atoms with Crippen LogP contribution >= 0.6 is 11.3 Å². The van der Waals surface area contributed by atoms with Crippen LogP contribution in [0.15, 0.2) is 54.7 Å². The quantitative estimate of drug-likeness (QED) is 0.721. The lowest BCUT2D eigenvalue weighted by Crippen LogP contribution is -2.13. The van der Waals surface area contributed by atoms with E-state index in [4.69, 9.17) is 10.00 Å². The van der Waals surface area contributed by atoms with Crippen molar-refractivity contribution in [1.29, 1.82) is 5.26 Å². The van der Waals surface area contributed by atoms with Crippen molar-refractivity contribution in [3.8, 4) is 6.07 Å². The zero-order valence-corrected chi connectivity index (χ0v) is 14.4. The van der Waals surface area contributed by atoms with Gasteiger partial charge in [-0.2, -0.15) is 5.26 Å². The van der Waals surface area contributed by atoms with E-state index in [-0.39, 0.29) is 12.2 Å². The first-order valence-electron chi connectivity index (χ1n) is 7.75. The molecule has 0 aliphatic heterocycles. The maximum Gasteiger partial charge on any atom is 0.413 e. The van der Waals surface area contributed by atoms with Gasteiger partial charge in [-0.15, -0.1) is 11.3 Å². The highest BCUT2D eigenvalue weighted by atomic mass is 32.1. The summed E-state index contributed by atoms with van der Waals surface area (Å²) < 4.78 is 18.5. The van der Waals surface area contributed by atoms with E-state index in [1.165, 1.54) is 23.5 Å². The number of nitrogens with zero attached hydrogens (tertiary/aromatic N) is 2. The lowest BCUT2D eigenvalue weighted by atomic mass is 10.1. The summed E-state index contributed by atoms with van der Waals surface area (Å²) in [5.41, 5.74) is 1.70. The van der Waals surface area contributed by atoms with Gasteiger partial charge < -0.3 is 4.74 Å². The number of nitriles is 1. The summed E-state index contributed by atoms with van der Waals surface area (Å²) in [6, 6.07) is 15.6. The molecule has 0 fully saturated rings. The van der Waals surface area contributed by atoms with Crippen LogP contribution < -0.4 is 5.32 Å². The van der Waals surface area contributed by atoms with E-state index in [0.29, 0.717) is 11.6 Å². The number of aromatic nitrogens is 1. The molecule has 0 atom stereocenters. The number of carbonyl (C=O) groups excluding carboxylic acids is 1. The van der Waals surface area contributed by atoms with Crippen LogP contribution in [0.5, 0.6) is 0 Å². The molecular formula is C19H14FN3O2S. The summed E-state index contributed by atoms with van der Waals surface area (Å²) in [5, 5.41) is 11.9. The van der Waals surface area contributed by atoms with Crippen LogP contribution in [0.1, 0.15) is 21.6 Å². The van der Waals surface area contributed by atoms with Crippen molar-refractivity contribution in [2.24, 2.45) is 0 Å². The largest absolute Gasteiger partial charge is 0.444 e. The molecule has 0 bridgehead atoms. The fourth-order valence-electron chi connectivity index (χ4n) is 2.26. The molecule has 0 saturated heterocycles. The van der Waals surface area contributed by atoms with Gasteiger partial charge in [-0.05, 0) is 23.3 Å². The summed E-state index contributed by atoms with van der Waals surface area (Å²) in [7, 11) is 0. The Balaban J connectivity index is 1.56. The highest BCUT2D eigenvalue weighted by Crippen LogP contribution is 2.22. The third-order valence-corrected chi connectivity index (χ3v) is 4.42. The van der Waals surface area contributed by atoms with Gasteiger partial charge in [-0.1, -0.05) is 36.4 Å². The monoisotopic (exact) mass is 367 g/mol. The standard InChI is InChI=1S/C19H14FN3O2S/c20-17-7-6-14(8-15(17)10-21)9-16-11-22-18(26-16)23-19(24)25-12-13-4-2-1-3-5-13/h1-8,11H,9,12H2,(H,22,23,24). The van der Waals surface area contributed by atoms with Gasteiger partial charge >= 0.3 is 6.09 Å². The van der Waals surface area contributed by atoms with Crippen LogP contribution in [-0.2, 0) is 17.8 Å². The fraction of sp³-hybridized carbons (Fsp3) is 0.105. The molecule has 0 radical (unpaired) electrons. The third-order valence-electron chi connectivity index (χ3n) is 3.50. The first kappa shape index (κ1) is 17.6. The Kier molecular flexibility index (Phi) is 5.56. The lowest BCUT2D eigenvalue weighted by Gasteiger charge is -2.04. The van der Waals surface area contributed by atoms with Gasteiger partial charge in [0.1, 0.15) is 18.5 Å². The van der Waals surface area contributed by atoms with E-state index >= 15 is 0 Å². The minimum absolute atomic E-state index is 0.00912. The van der Waals surface area contributed by atoms with Crippen LogP contribution in [0.3, 0.4) is 0 Å². The summed E-state index contributed by atoms with van der Waals surface area (Å²) in [4.78, 5) is 16.8. The third kappa shape index (κ3) is 4.65. The van der Waals surface area contributed by atoms with Gasteiger partial charge in [-0.25, -0.2) is 14.2 Å². The molecule has 2 aromatic carbocycles. The number of thiazole rings is 1. The normalized spacial score (nSPS) is 10.2. The van der Waals surface area contributed by atoms with Crippen LogP contribution in [0, 0.1) is 17.1 Å². The Hall–Kier alpha value is -3.24. The molecule has 0 saturated carbocycles. The van der Waals surface area contributed by atoms with Crippen molar-refractivity contribution < 1.29 is 13.9 Å². The molecule has 130 valence electrons. The molecule has 7 heteroatoms. The SMILES string of the molecule is N#Cc1cc(Cc2cnc(NC(=O)OCc3ccccc3)s2)ccc1F. The maximum absolute atomic E-state index is 13.4. The van der Waals surface area contributed by atoms with E-state index in [1.807, 2.05) is 36.4 Å². The average Bonchev–Trinajstić information content (AvgIpc) is 3.09. The molecule has 3 aromatic rings. The number of hydrogen-bond donors (Lipinski definition) is 1. The number of carbonyl (C=O) groups is 1. The number of benzene rings is 2. The van der Waals surface area contributed by atoms with E-state index in [1.54, 1.807) is 12.3 Å². The summed E-state index contributed by atoms with van der Waals surface area (Å²) in [5.74, 6) is -0.538. The maximum atomic E-state index is 13.4. The average molecular weight is 367 g/mol. The molecule has 5 nitrogen and oxygen atoms in total. The second kappa shape index (κ2) is 8.23. The molecule has 1 amide bonds. The molecule has 3 rings (SSSR count). The minimum atomic E-state index is -0.580. The second-order valence-electron chi connectivity index (χ2n) is 5.42. The molecule has 26 heavy (non-hydrogen) atoms. The predicted octanol–water partition coefficient (Wildman–Crippen LogP) is 4.49. The smallest absolute Gasteiger partial charge is 0.413 e. The van der Waals surface area contributed by atoms with Gasteiger partial charge in [0, 0.05) is 17.5 Å². The zero-order chi connectivity index (χ0) is 18.4. The van der Waals surface area contributed by atoms with E-state index in [0.717, 1.165) is 16.0 Å². The second-order valence-corrected chi connectivity index (χ2v) is 6.54. The predicted molar refractivity (Wildman–Crippen MR) is 96.3 cm³/mol. The van der Waals surface area contributed by atoms with E-state index in [2.05, 4.69) is 10.3 Å². The molecule has 0 aliphatic rings. The van der Waals surface area contributed by atoms with Crippen molar-refractivity contribution in [3.05, 3.63) is 82.1 Å². The van der Waals surface area contributed by atoms with Crippen molar-refractivity contribution in [3.63, 3.8) is 0 Å². The Labute approximate surface area is 153 Å². The number of halogens is 1. The van der Waals surface area contributed by atoms with Crippen molar-refractivity contribution in [2.75, 3.05) is 5.32 Å². The van der Waals surface area contributed by atoms with Crippen molar-refractivity contribution >= 4 is 22.6 Å². The van der Waals surface area contributed by atoms with Crippen LogP contribution in [0.4, 0.5) is 14.3 Å². The molecule has 1 N–H and O–H groups in total. The Morgan fingerprint density at radius 1 is 1.23 bits per heavy atom. The zero-order valence-electron chi connectivity index (χ0n) is 13.6. The molecule has 0 aliphatic carbocycles. The number of ether oxygens (including phenoxy) is 1. The molecule has 0 spiro atoms. The van der Waals surface area contributed by atoms with Gasteiger partial charge in [0.05, 0.1) is 5.56 Å². The Morgan fingerprint density at radius 3 is 2.81 bits per heavy atom. The topological polar surface area (TPSA) is 75.0 Å². The van der Waals surface area contributed by atoms with Crippen molar-refractivity contribution in [1.82, 2.24) is 4.98 Å². The molecule has 0 unspecified atom stereocenters. The van der Waals surface area contributed by atoms with Gasteiger partial charge in [-0.3, -0.25) is 5.32 Å². The number of nitrogens with one attached hydrogen (secondary N) is 1. The fourth-order valence-corrected chi connectivity index (χ4v) is 3.10. The van der Waals surface area contributed by atoms with Crippen molar-refractivity contribution in [2.45, 2.75) is 13.0 Å². The Morgan fingerprint density at radius 2 is 2.04 bits per heavy atom. The Bertz CT molecular complexity index is 951. The summed E-state index contributed by atoms with van der Waals surface area (Å²) >= 11 is 1.30. The lowest BCUT2D eigenvalue weighted by molar-refractivity contribution is 0.155. The van der Waals surface area contributed by atoms with Gasteiger partial charge in [0.2, 0.25) is 0 Å². The van der Waals surface area contributed by atoms with Crippen LogP contribution in [0.25, 0.3) is 0 Å². The van der Waals surface area contributed by atoms with E-state index < -0.39 is 11.9 Å².